The summed E-state index contributed by atoms with van der Waals surface area (Å²) in [5.41, 5.74) is 2.38. The lowest BCUT2D eigenvalue weighted by molar-refractivity contribution is 0.0738. The van der Waals surface area contributed by atoms with Crippen LogP contribution in [0.4, 0.5) is 0 Å². The maximum atomic E-state index is 12.5. The summed E-state index contributed by atoms with van der Waals surface area (Å²) in [6, 6.07) is 17.9. The van der Waals surface area contributed by atoms with E-state index in [4.69, 9.17) is 0 Å². The minimum Gasteiger partial charge on any atom is -0.501 e. The molecule has 1 aromatic heterocycles. The van der Waals surface area contributed by atoms with Crippen LogP contribution < -0.4 is 5.56 Å². The zero-order valence-corrected chi connectivity index (χ0v) is 14.9. The lowest BCUT2D eigenvalue weighted by atomic mass is 9.97. The van der Waals surface area contributed by atoms with E-state index in [1.165, 1.54) is 4.90 Å². The summed E-state index contributed by atoms with van der Waals surface area (Å²) in [6.45, 7) is 0.990. The van der Waals surface area contributed by atoms with Crippen molar-refractivity contribution in [2.24, 2.45) is 0 Å². The van der Waals surface area contributed by atoms with Gasteiger partial charge in [0.2, 0.25) is 5.75 Å². The fraction of sp³-hybridized carbons (Fsp3) is 0.190. The van der Waals surface area contributed by atoms with Crippen LogP contribution in [-0.2, 0) is 13.0 Å². The van der Waals surface area contributed by atoms with Gasteiger partial charge in [-0.15, -0.1) is 0 Å². The average Bonchev–Trinajstić information content (AvgIpc) is 2.69. The van der Waals surface area contributed by atoms with Crippen LogP contribution in [-0.4, -0.2) is 39.1 Å². The number of aromatic nitrogens is 2. The molecule has 0 radical (unpaired) electrons. The van der Waals surface area contributed by atoms with Gasteiger partial charge >= 0.3 is 5.56 Å². The van der Waals surface area contributed by atoms with Gasteiger partial charge < -0.3 is 14.6 Å². The smallest absolute Gasteiger partial charge is 0.315 e. The number of carbonyl (C=O) groups excluding carboxylic acids is 1. The molecule has 6 heteroatoms. The fourth-order valence-corrected chi connectivity index (χ4v) is 3.46. The number of fused-ring (bicyclic) bond motifs is 1. The van der Waals surface area contributed by atoms with Gasteiger partial charge in [0, 0.05) is 26.6 Å². The number of carbonyl (C=O) groups is 1. The molecule has 0 saturated carbocycles. The Labute approximate surface area is 156 Å². The van der Waals surface area contributed by atoms with Crippen LogP contribution in [0, 0.1) is 0 Å². The number of amides is 1. The lowest BCUT2D eigenvalue weighted by Gasteiger charge is -2.28. The van der Waals surface area contributed by atoms with Crippen LogP contribution in [0.1, 0.15) is 21.9 Å². The summed E-state index contributed by atoms with van der Waals surface area (Å²) in [5, 5.41) is 10.1. The van der Waals surface area contributed by atoms with Crippen molar-refractivity contribution in [3.05, 3.63) is 82.0 Å². The van der Waals surface area contributed by atoms with Crippen LogP contribution in [0.25, 0.3) is 11.1 Å². The van der Waals surface area contributed by atoms with Gasteiger partial charge in [0.15, 0.2) is 5.69 Å². The molecule has 1 amide bonds. The van der Waals surface area contributed by atoms with Crippen molar-refractivity contribution in [1.29, 1.82) is 0 Å². The molecule has 0 atom stereocenters. The average molecular weight is 361 g/mol. The predicted octanol–water partition coefficient (Wildman–Crippen LogP) is 2.29. The number of hydrogen-bond acceptors (Lipinski definition) is 4. The van der Waals surface area contributed by atoms with Crippen LogP contribution in [0.2, 0.25) is 0 Å². The number of nitrogens with zero attached hydrogens (tertiary/aromatic N) is 3. The third kappa shape index (κ3) is 2.99. The summed E-state index contributed by atoms with van der Waals surface area (Å²) >= 11 is 0. The summed E-state index contributed by atoms with van der Waals surface area (Å²) in [6.07, 6.45) is 0.393. The maximum absolute atomic E-state index is 12.5. The Balaban J connectivity index is 1.83. The fourth-order valence-electron chi connectivity index (χ4n) is 3.46. The van der Waals surface area contributed by atoms with Crippen molar-refractivity contribution in [3.63, 3.8) is 0 Å². The first-order valence-electron chi connectivity index (χ1n) is 8.77. The molecule has 6 nitrogen and oxygen atoms in total. The first-order chi connectivity index (χ1) is 13.1. The van der Waals surface area contributed by atoms with Gasteiger partial charge in [-0.25, -0.2) is 0 Å². The van der Waals surface area contributed by atoms with Gasteiger partial charge in [-0.3, -0.25) is 9.59 Å². The Bertz CT molecular complexity index is 1070. The van der Waals surface area contributed by atoms with E-state index in [9.17, 15) is 14.7 Å². The molecule has 0 bridgehead atoms. The molecule has 0 saturated heterocycles. The molecule has 0 aliphatic carbocycles. The van der Waals surface area contributed by atoms with Crippen molar-refractivity contribution in [2.45, 2.75) is 13.0 Å². The highest BCUT2D eigenvalue weighted by molar-refractivity contribution is 5.95. The molecule has 1 aliphatic rings. The van der Waals surface area contributed by atoms with Crippen molar-refractivity contribution < 1.29 is 9.90 Å². The normalized spacial score (nSPS) is 13.5. The molecule has 136 valence electrons. The first kappa shape index (κ1) is 17.0. The summed E-state index contributed by atoms with van der Waals surface area (Å²) in [5.74, 6) is -0.458. The van der Waals surface area contributed by atoms with Gasteiger partial charge in [0.25, 0.3) is 5.91 Å². The quantitative estimate of drug-likeness (QED) is 0.777. The zero-order chi connectivity index (χ0) is 19.0. The van der Waals surface area contributed by atoms with Crippen LogP contribution >= 0.6 is 0 Å². The van der Waals surface area contributed by atoms with E-state index in [2.05, 4.69) is 4.98 Å². The summed E-state index contributed by atoms with van der Waals surface area (Å²) < 4.78 is 1.67. The molecule has 2 aromatic carbocycles. The largest absolute Gasteiger partial charge is 0.501 e. The zero-order valence-electron chi connectivity index (χ0n) is 14.9. The van der Waals surface area contributed by atoms with Gasteiger partial charge in [-0.05, 0) is 16.7 Å². The first-order valence-corrected chi connectivity index (χ1v) is 8.77. The SMILES string of the molecule is CN1CCn2c(Cc3ccccc3-c3ccccc3)nc(=O)c(O)c2C1=O. The Morgan fingerprint density at radius 2 is 1.70 bits per heavy atom. The molecule has 3 aromatic rings. The van der Waals surface area contributed by atoms with E-state index in [1.54, 1.807) is 11.6 Å². The lowest BCUT2D eigenvalue weighted by Crippen LogP contribution is -2.41. The highest BCUT2D eigenvalue weighted by atomic mass is 16.3. The number of likely N-dealkylation sites (N-methyl/N-ethyl adjacent to an activating group) is 1. The third-order valence-corrected chi connectivity index (χ3v) is 4.90. The molecule has 2 heterocycles. The van der Waals surface area contributed by atoms with E-state index in [1.807, 2.05) is 54.6 Å². The van der Waals surface area contributed by atoms with E-state index < -0.39 is 11.3 Å². The molecule has 0 unspecified atom stereocenters. The van der Waals surface area contributed by atoms with E-state index >= 15 is 0 Å². The van der Waals surface area contributed by atoms with Gasteiger partial charge in [-0.2, -0.15) is 4.98 Å². The molecule has 1 N–H and O–H groups in total. The van der Waals surface area contributed by atoms with Crippen LogP contribution in [0.15, 0.2) is 59.4 Å². The second-order valence-electron chi connectivity index (χ2n) is 6.61. The minimum atomic E-state index is -0.767. The highest BCUT2D eigenvalue weighted by Crippen LogP contribution is 2.26. The third-order valence-electron chi connectivity index (χ3n) is 4.90. The number of hydrogen-bond donors (Lipinski definition) is 1. The Hall–Kier alpha value is -3.41. The van der Waals surface area contributed by atoms with Gasteiger partial charge in [-0.1, -0.05) is 54.6 Å². The molecular weight excluding hydrogens is 342 g/mol. The van der Waals surface area contributed by atoms with Gasteiger partial charge in [0.1, 0.15) is 5.82 Å². The molecular formula is C21H19N3O3. The maximum Gasteiger partial charge on any atom is 0.315 e. The Morgan fingerprint density at radius 1 is 1.00 bits per heavy atom. The number of rotatable bonds is 3. The molecule has 0 spiro atoms. The predicted molar refractivity (Wildman–Crippen MR) is 102 cm³/mol. The van der Waals surface area contributed by atoms with Crippen molar-refractivity contribution >= 4 is 5.91 Å². The van der Waals surface area contributed by atoms with Crippen LogP contribution in [0.5, 0.6) is 5.75 Å². The van der Waals surface area contributed by atoms with Crippen LogP contribution in [0.3, 0.4) is 0 Å². The minimum absolute atomic E-state index is 0.0240. The van der Waals surface area contributed by atoms with E-state index in [-0.39, 0.29) is 11.6 Å². The monoisotopic (exact) mass is 361 g/mol. The van der Waals surface area contributed by atoms with E-state index in [0.717, 1.165) is 16.7 Å². The molecule has 27 heavy (non-hydrogen) atoms. The highest BCUT2D eigenvalue weighted by Gasteiger charge is 2.29. The summed E-state index contributed by atoms with van der Waals surface area (Å²) in [7, 11) is 1.65. The Morgan fingerprint density at radius 3 is 2.48 bits per heavy atom. The van der Waals surface area contributed by atoms with E-state index in [0.29, 0.717) is 25.3 Å². The Kier molecular flexibility index (Phi) is 4.24. The second kappa shape index (κ2) is 6.72. The second-order valence-corrected chi connectivity index (χ2v) is 6.61. The molecule has 4 rings (SSSR count). The molecule has 1 aliphatic heterocycles. The molecule has 0 fully saturated rings. The number of benzene rings is 2. The standard InChI is InChI=1S/C21H19N3O3/c1-23-11-12-24-17(22-20(26)19(25)18(24)21(23)27)13-15-9-5-6-10-16(15)14-7-3-2-4-8-14/h2-10,25H,11-13H2,1H3. The summed E-state index contributed by atoms with van der Waals surface area (Å²) in [4.78, 5) is 30.2. The van der Waals surface area contributed by atoms with Crippen molar-refractivity contribution in [3.8, 4) is 16.9 Å². The van der Waals surface area contributed by atoms with Gasteiger partial charge in [0.05, 0.1) is 0 Å². The van der Waals surface area contributed by atoms with Crippen molar-refractivity contribution in [2.75, 3.05) is 13.6 Å². The topological polar surface area (TPSA) is 75.4 Å². The van der Waals surface area contributed by atoms with Crippen molar-refractivity contribution in [1.82, 2.24) is 14.5 Å². The number of aromatic hydroxyl groups is 1.